The smallest absolute Gasteiger partial charge is 0.261 e. The highest BCUT2D eigenvalue weighted by molar-refractivity contribution is 14.1. The first-order valence-corrected chi connectivity index (χ1v) is 7.46. The van der Waals surface area contributed by atoms with E-state index in [1.54, 1.807) is 12.1 Å². The molecule has 4 heteroatoms. The zero-order valence-electron chi connectivity index (χ0n) is 11.2. The molecule has 0 spiro atoms. The molecule has 0 aliphatic carbocycles. The Morgan fingerprint density at radius 3 is 2.55 bits per heavy atom. The molecule has 1 atom stereocenters. The lowest BCUT2D eigenvalue weighted by Crippen LogP contribution is -2.29. The number of anilines is 1. The van der Waals surface area contributed by atoms with Gasteiger partial charge in [0.2, 0.25) is 0 Å². The third-order valence-electron chi connectivity index (χ3n) is 3.57. The van der Waals surface area contributed by atoms with Gasteiger partial charge in [0.1, 0.15) is 0 Å². The molecule has 0 radical (unpaired) electrons. The second-order valence-electron chi connectivity index (χ2n) is 5.05. The van der Waals surface area contributed by atoms with Gasteiger partial charge in [0.15, 0.2) is 6.23 Å². The number of carbonyl (C=O) groups excluding carboxylic acids is 1. The number of carbonyl (C=O) groups is 1. The molecule has 1 aliphatic heterocycles. The Morgan fingerprint density at radius 2 is 1.90 bits per heavy atom. The fourth-order valence-electron chi connectivity index (χ4n) is 2.73. The number of hydrogen-bond donors (Lipinski definition) is 1. The van der Waals surface area contributed by atoms with E-state index in [1.807, 2.05) is 38.1 Å². The molecule has 0 saturated heterocycles. The van der Waals surface area contributed by atoms with Gasteiger partial charge < -0.3 is 5.11 Å². The summed E-state index contributed by atoms with van der Waals surface area (Å²) in [6.07, 6.45) is -0.909. The number of amides is 1. The molecule has 1 unspecified atom stereocenters. The summed E-state index contributed by atoms with van der Waals surface area (Å²) in [5.74, 6) is -0.141. The molecule has 102 valence electrons. The fourth-order valence-corrected chi connectivity index (χ4v) is 3.91. The predicted octanol–water partition coefficient (Wildman–Crippen LogP) is 3.56. The van der Waals surface area contributed by atoms with Crippen molar-refractivity contribution in [2.24, 2.45) is 0 Å². The third kappa shape index (κ3) is 1.94. The average Bonchev–Trinajstić information content (AvgIpc) is 2.64. The number of hydrogen-bond acceptors (Lipinski definition) is 2. The molecule has 0 aromatic heterocycles. The van der Waals surface area contributed by atoms with Crippen LogP contribution in [0.25, 0.3) is 0 Å². The van der Waals surface area contributed by atoms with Gasteiger partial charge in [-0.3, -0.25) is 9.69 Å². The zero-order valence-corrected chi connectivity index (χ0v) is 13.4. The molecular formula is C16H14INO2. The molecule has 1 heterocycles. The van der Waals surface area contributed by atoms with E-state index in [2.05, 4.69) is 22.6 Å². The van der Waals surface area contributed by atoms with Crippen molar-refractivity contribution in [3.05, 3.63) is 62.2 Å². The van der Waals surface area contributed by atoms with Crippen LogP contribution in [0.3, 0.4) is 0 Å². The van der Waals surface area contributed by atoms with Gasteiger partial charge in [-0.25, -0.2) is 0 Å². The Kier molecular flexibility index (Phi) is 3.30. The predicted molar refractivity (Wildman–Crippen MR) is 86.8 cm³/mol. The van der Waals surface area contributed by atoms with Crippen molar-refractivity contribution < 1.29 is 9.90 Å². The molecule has 0 bridgehead atoms. The van der Waals surface area contributed by atoms with Crippen LogP contribution in [0, 0.1) is 17.4 Å². The molecule has 3 rings (SSSR count). The minimum atomic E-state index is -0.909. The highest BCUT2D eigenvalue weighted by atomic mass is 127. The van der Waals surface area contributed by atoms with Crippen LogP contribution in [-0.2, 0) is 0 Å². The maximum atomic E-state index is 12.6. The average molecular weight is 379 g/mol. The zero-order chi connectivity index (χ0) is 14.4. The lowest BCUT2D eigenvalue weighted by molar-refractivity contribution is 0.0934. The summed E-state index contributed by atoms with van der Waals surface area (Å²) in [7, 11) is 0. The molecule has 1 aliphatic rings. The van der Waals surface area contributed by atoms with E-state index in [0.29, 0.717) is 11.1 Å². The van der Waals surface area contributed by atoms with Crippen LogP contribution in [0.5, 0.6) is 0 Å². The van der Waals surface area contributed by atoms with Crippen molar-refractivity contribution in [3.63, 3.8) is 0 Å². The molecule has 2 aromatic rings. The molecule has 3 nitrogen and oxygen atoms in total. The van der Waals surface area contributed by atoms with E-state index in [-0.39, 0.29) is 5.91 Å². The Balaban J connectivity index is 2.17. The second kappa shape index (κ2) is 4.86. The lowest BCUT2D eigenvalue weighted by Gasteiger charge is -2.24. The fraction of sp³-hybridized carbons (Fsp3) is 0.188. The molecule has 2 aromatic carbocycles. The molecule has 1 N–H and O–H groups in total. The standard InChI is InChI=1S/C16H14INO2/c1-9-7-10(2)14(13(17)8-9)18-15(19)11-5-3-4-6-12(11)16(18)20/h3-8,15,19H,1-2H3. The van der Waals surface area contributed by atoms with Crippen molar-refractivity contribution in [1.82, 2.24) is 0 Å². The minimum Gasteiger partial charge on any atom is -0.369 e. The van der Waals surface area contributed by atoms with Gasteiger partial charge in [-0.15, -0.1) is 0 Å². The molecule has 20 heavy (non-hydrogen) atoms. The first-order chi connectivity index (χ1) is 9.50. The Morgan fingerprint density at radius 1 is 1.20 bits per heavy atom. The third-order valence-corrected chi connectivity index (χ3v) is 4.39. The van der Waals surface area contributed by atoms with Gasteiger partial charge in [-0.2, -0.15) is 0 Å². The first-order valence-electron chi connectivity index (χ1n) is 6.38. The number of benzene rings is 2. The van der Waals surface area contributed by atoms with Gasteiger partial charge in [-0.05, 0) is 59.7 Å². The topological polar surface area (TPSA) is 40.5 Å². The lowest BCUT2D eigenvalue weighted by atomic mass is 10.1. The van der Waals surface area contributed by atoms with E-state index in [0.717, 1.165) is 20.4 Å². The largest absolute Gasteiger partial charge is 0.369 e. The summed E-state index contributed by atoms with van der Waals surface area (Å²) in [4.78, 5) is 14.0. The summed E-state index contributed by atoms with van der Waals surface area (Å²) in [5, 5.41) is 10.5. The second-order valence-corrected chi connectivity index (χ2v) is 6.21. The van der Waals surface area contributed by atoms with E-state index in [4.69, 9.17) is 0 Å². The van der Waals surface area contributed by atoms with Gasteiger partial charge in [-0.1, -0.05) is 24.3 Å². The Labute approximate surface area is 131 Å². The summed E-state index contributed by atoms with van der Waals surface area (Å²) in [5.41, 5.74) is 4.19. The summed E-state index contributed by atoms with van der Waals surface area (Å²) >= 11 is 2.22. The number of rotatable bonds is 1. The molecule has 1 amide bonds. The van der Waals surface area contributed by atoms with Crippen LogP contribution >= 0.6 is 22.6 Å². The number of fused-ring (bicyclic) bond motifs is 1. The van der Waals surface area contributed by atoms with Gasteiger partial charge in [0, 0.05) is 14.7 Å². The Bertz CT molecular complexity index is 688. The normalized spacial score (nSPS) is 17.5. The summed E-state index contributed by atoms with van der Waals surface area (Å²) in [6.45, 7) is 3.99. The van der Waals surface area contributed by atoms with E-state index < -0.39 is 6.23 Å². The summed E-state index contributed by atoms with van der Waals surface area (Å²) in [6, 6.07) is 11.3. The van der Waals surface area contributed by atoms with Crippen molar-refractivity contribution >= 4 is 34.2 Å². The van der Waals surface area contributed by atoms with Crippen molar-refractivity contribution in [2.75, 3.05) is 4.90 Å². The van der Waals surface area contributed by atoms with Crippen LogP contribution in [0.1, 0.15) is 33.3 Å². The monoisotopic (exact) mass is 379 g/mol. The van der Waals surface area contributed by atoms with Gasteiger partial charge in [0.25, 0.3) is 5.91 Å². The van der Waals surface area contributed by atoms with Gasteiger partial charge >= 0.3 is 0 Å². The van der Waals surface area contributed by atoms with Crippen LogP contribution < -0.4 is 4.90 Å². The SMILES string of the molecule is Cc1cc(C)c(N2C(=O)c3ccccc3C2O)c(I)c1. The Hall–Kier alpha value is -1.40. The van der Waals surface area contributed by atoms with Crippen molar-refractivity contribution in [3.8, 4) is 0 Å². The van der Waals surface area contributed by atoms with E-state index in [9.17, 15) is 9.90 Å². The van der Waals surface area contributed by atoms with Gasteiger partial charge in [0.05, 0.1) is 5.69 Å². The maximum Gasteiger partial charge on any atom is 0.261 e. The maximum absolute atomic E-state index is 12.6. The summed E-state index contributed by atoms with van der Waals surface area (Å²) < 4.78 is 0.973. The number of aryl methyl sites for hydroxylation is 2. The minimum absolute atomic E-state index is 0.141. The van der Waals surface area contributed by atoms with E-state index >= 15 is 0 Å². The van der Waals surface area contributed by atoms with Crippen LogP contribution in [0.15, 0.2) is 36.4 Å². The number of nitrogens with zero attached hydrogens (tertiary/aromatic N) is 1. The van der Waals surface area contributed by atoms with Crippen molar-refractivity contribution in [2.45, 2.75) is 20.1 Å². The highest BCUT2D eigenvalue weighted by Gasteiger charge is 2.37. The molecule has 0 fully saturated rings. The van der Waals surface area contributed by atoms with E-state index in [1.165, 1.54) is 4.90 Å². The van der Waals surface area contributed by atoms with Crippen LogP contribution in [-0.4, -0.2) is 11.0 Å². The molecule has 0 saturated carbocycles. The number of aliphatic hydroxyl groups is 1. The quantitative estimate of drug-likeness (QED) is 0.770. The van der Waals surface area contributed by atoms with Crippen LogP contribution in [0.4, 0.5) is 5.69 Å². The van der Waals surface area contributed by atoms with Crippen LogP contribution in [0.2, 0.25) is 0 Å². The van der Waals surface area contributed by atoms with Crippen molar-refractivity contribution in [1.29, 1.82) is 0 Å². The first kappa shape index (κ1) is 13.6. The molecular weight excluding hydrogens is 365 g/mol. The highest BCUT2D eigenvalue weighted by Crippen LogP contribution is 2.39. The number of aliphatic hydroxyl groups excluding tert-OH is 1. The number of halogens is 1.